The fourth-order valence-corrected chi connectivity index (χ4v) is 2.89. The first-order valence-corrected chi connectivity index (χ1v) is 7.18. The van der Waals surface area contributed by atoms with Crippen molar-refractivity contribution in [2.75, 3.05) is 0 Å². The average molecular weight is 215 g/mol. The highest BCUT2D eigenvalue weighted by atomic mass is 28.3. The molecule has 0 N–H and O–H groups in total. The van der Waals surface area contributed by atoms with Crippen LogP contribution in [0, 0.1) is 0 Å². The largest absolute Gasteiger partial charge is 0.138 e. The highest BCUT2D eigenvalue weighted by molar-refractivity contribution is 6.81. The molecule has 0 bridgehead atoms. The second-order valence-electron chi connectivity index (χ2n) is 3.67. The number of benzene rings is 1. The van der Waals surface area contributed by atoms with E-state index in [9.17, 15) is 0 Å². The van der Waals surface area contributed by atoms with E-state index in [-0.39, 0.29) is 0 Å². The molecule has 15 heavy (non-hydrogen) atoms. The summed E-state index contributed by atoms with van der Waals surface area (Å²) in [6.45, 7) is 9.98. The molecule has 0 heterocycles. The summed E-state index contributed by atoms with van der Waals surface area (Å²) in [5.41, 5.74) is 5.52. The molecule has 1 rings (SSSR count). The first kappa shape index (κ1) is 12.0. The van der Waals surface area contributed by atoms with E-state index in [1.807, 2.05) is 11.4 Å². The molecule has 0 fully saturated rings. The van der Waals surface area contributed by atoms with Gasteiger partial charge in [-0.15, -0.1) is 13.2 Å². The van der Waals surface area contributed by atoms with Gasteiger partial charge in [-0.25, -0.2) is 0 Å². The molecule has 0 saturated heterocycles. The smallest absolute Gasteiger partial charge is 0.106 e. The van der Waals surface area contributed by atoms with Crippen LogP contribution >= 0.6 is 0 Å². The van der Waals surface area contributed by atoms with Crippen LogP contribution in [0.25, 0.3) is 0 Å². The molecule has 1 aromatic rings. The minimum Gasteiger partial charge on any atom is -0.106 e. The maximum atomic E-state index is 3.87. The molecular formula is C14H19Si. The monoisotopic (exact) mass is 215 g/mol. The molecule has 1 aromatic carbocycles. The van der Waals surface area contributed by atoms with E-state index in [1.54, 1.807) is 0 Å². The first-order chi connectivity index (χ1) is 7.31. The van der Waals surface area contributed by atoms with Gasteiger partial charge in [-0.1, -0.05) is 54.2 Å². The van der Waals surface area contributed by atoms with Crippen LogP contribution < -0.4 is 5.19 Å². The van der Waals surface area contributed by atoms with Crippen molar-refractivity contribution in [1.82, 2.24) is 0 Å². The zero-order valence-corrected chi connectivity index (χ0v) is 10.5. The second kappa shape index (κ2) is 6.41. The molecule has 0 spiro atoms. The topological polar surface area (TPSA) is 0 Å². The Hall–Kier alpha value is -1.08. The van der Waals surface area contributed by atoms with Gasteiger partial charge in [0.15, 0.2) is 0 Å². The van der Waals surface area contributed by atoms with E-state index in [2.05, 4.69) is 44.3 Å². The van der Waals surface area contributed by atoms with E-state index in [0.29, 0.717) is 0 Å². The zero-order valence-electron chi connectivity index (χ0n) is 9.50. The molecule has 0 amide bonds. The third kappa shape index (κ3) is 3.52. The molecule has 0 aliphatic rings. The standard InChI is InChI=1S/C14H19Si/c1-4-7-9-13-10-8-11-14(12-13)15(5-2)6-3/h5-6,8,10-12H,2-4,7,9H2,1H3. The van der Waals surface area contributed by atoms with Gasteiger partial charge < -0.3 is 0 Å². The summed E-state index contributed by atoms with van der Waals surface area (Å²) in [6, 6.07) is 8.86. The lowest BCUT2D eigenvalue weighted by Crippen LogP contribution is -2.25. The zero-order chi connectivity index (χ0) is 11.1. The molecule has 1 radical (unpaired) electrons. The van der Waals surface area contributed by atoms with Crippen LogP contribution in [0.15, 0.2) is 48.8 Å². The third-order valence-corrected chi connectivity index (χ3v) is 4.38. The summed E-state index contributed by atoms with van der Waals surface area (Å²) in [5.74, 6) is 0. The van der Waals surface area contributed by atoms with Crippen molar-refractivity contribution >= 4 is 14.0 Å². The molecular weight excluding hydrogens is 196 g/mol. The molecule has 0 aliphatic carbocycles. The SMILES string of the molecule is C=C[Si](C=C)c1cccc(CCCC)c1. The normalized spacial score (nSPS) is 10.3. The van der Waals surface area contributed by atoms with Crippen molar-refractivity contribution in [3.8, 4) is 0 Å². The van der Waals surface area contributed by atoms with E-state index in [0.717, 1.165) is 0 Å². The number of hydrogen-bond acceptors (Lipinski definition) is 0. The van der Waals surface area contributed by atoms with Gasteiger partial charge in [-0.2, -0.15) is 0 Å². The van der Waals surface area contributed by atoms with Gasteiger partial charge in [0.25, 0.3) is 0 Å². The fourth-order valence-electron chi connectivity index (χ4n) is 1.61. The van der Waals surface area contributed by atoms with Crippen molar-refractivity contribution in [2.24, 2.45) is 0 Å². The van der Waals surface area contributed by atoms with Crippen molar-refractivity contribution in [2.45, 2.75) is 26.2 Å². The van der Waals surface area contributed by atoms with E-state index in [4.69, 9.17) is 0 Å². The van der Waals surface area contributed by atoms with Crippen molar-refractivity contribution < 1.29 is 0 Å². The van der Waals surface area contributed by atoms with Crippen molar-refractivity contribution in [3.05, 3.63) is 54.4 Å². The number of hydrogen-bond donors (Lipinski definition) is 0. The fraction of sp³-hybridized carbons (Fsp3) is 0.286. The Morgan fingerprint density at radius 2 is 2.00 bits per heavy atom. The van der Waals surface area contributed by atoms with Crippen LogP contribution in [-0.4, -0.2) is 8.80 Å². The van der Waals surface area contributed by atoms with Gasteiger partial charge in [0.1, 0.15) is 8.80 Å². The third-order valence-electron chi connectivity index (χ3n) is 2.52. The van der Waals surface area contributed by atoms with Gasteiger partial charge in [0.05, 0.1) is 0 Å². The number of unbranched alkanes of at least 4 members (excludes halogenated alkanes) is 1. The molecule has 0 saturated carbocycles. The quantitative estimate of drug-likeness (QED) is 0.639. The molecule has 0 unspecified atom stereocenters. The van der Waals surface area contributed by atoms with Crippen molar-refractivity contribution in [1.29, 1.82) is 0 Å². The predicted octanol–water partition coefficient (Wildman–Crippen LogP) is 3.18. The van der Waals surface area contributed by atoms with Crippen LogP contribution in [-0.2, 0) is 6.42 Å². The van der Waals surface area contributed by atoms with Gasteiger partial charge in [-0.3, -0.25) is 0 Å². The van der Waals surface area contributed by atoms with Crippen LogP contribution in [0.2, 0.25) is 0 Å². The Morgan fingerprint density at radius 3 is 2.60 bits per heavy atom. The highest BCUT2D eigenvalue weighted by Gasteiger charge is 2.05. The Morgan fingerprint density at radius 1 is 1.27 bits per heavy atom. The van der Waals surface area contributed by atoms with Crippen LogP contribution in [0.3, 0.4) is 0 Å². The maximum Gasteiger partial charge on any atom is 0.138 e. The lowest BCUT2D eigenvalue weighted by Gasteiger charge is -2.07. The summed E-state index contributed by atoms with van der Waals surface area (Å²) >= 11 is 0. The number of rotatable bonds is 6. The molecule has 1 heteroatoms. The minimum absolute atomic E-state index is 0.720. The summed E-state index contributed by atoms with van der Waals surface area (Å²) in [7, 11) is -0.720. The molecule has 0 atom stereocenters. The Balaban J connectivity index is 2.81. The Bertz CT molecular complexity index is 320. The predicted molar refractivity (Wildman–Crippen MR) is 70.8 cm³/mol. The van der Waals surface area contributed by atoms with E-state index in [1.165, 1.54) is 30.0 Å². The van der Waals surface area contributed by atoms with Gasteiger partial charge >= 0.3 is 0 Å². The Kier molecular flexibility index (Phi) is 5.12. The number of aryl methyl sites for hydroxylation is 1. The van der Waals surface area contributed by atoms with Crippen LogP contribution in [0.5, 0.6) is 0 Å². The van der Waals surface area contributed by atoms with Crippen molar-refractivity contribution in [3.63, 3.8) is 0 Å². The van der Waals surface area contributed by atoms with Crippen LogP contribution in [0.1, 0.15) is 25.3 Å². The van der Waals surface area contributed by atoms with Crippen LogP contribution in [0.4, 0.5) is 0 Å². The first-order valence-electron chi connectivity index (χ1n) is 5.53. The van der Waals surface area contributed by atoms with Gasteiger partial charge in [-0.05, 0) is 18.4 Å². The molecule has 0 nitrogen and oxygen atoms in total. The summed E-state index contributed by atoms with van der Waals surface area (Å²) in [4.78, 5) is 0. The lowest BCUT2D eigenvalue weighted by molar-refractivity contribution is 0.795. The average Bonchev–Trinajstić information content (AvgIpc) is 2.29. The van der Waals surface area contributed by atoms with E-state index >= 15 is 0 Å². The highest BCUT2D eigenvalue weighted by Crippen LogP contribution is 2.04. The maximum absolute atomic E-state index is 3.87. The molecule has 79 valence electrons. The van der Waals surface area contributed by atoms with Gasteiger partial charge in [0.2, 0.25) is 0 Å². The summed E-state index contributed by atoms with van der Waals surface area (Å²) in [5, 5.41) is 1.40. The van der Waals surface area contributed by atoms with Gasteiger partial charge in [0, 0.05) is 0 Å². The minimum atomic E-state index is -0.720. The lowest BCUT2D eigenvalue weighted by atomic mass is 10.1. The van der Waals surface area contributed by atoms with E-state index < -0.39 is 8.80 Å². The summed E-state index contributed by atoms with van der Waals surface area (Å²) in [6.07, 6.45) is 3.71. The Labute approximate surface area is 94.9 Å². The molecule has 0 aliphatic heterocycles. The molecule has 0 aromatic heterocycles. The second-order valence-corrected chi connectivity index (χ2v) is 5.97. The summed E-state index contributed by atoms with van der Waals surface area (Å²) < 4.78 is 0.